The summed E-state index contributed by atoms with van der Waals surface area (Å²) >= 11 is 0. The summed E-state index contributed by atoms with van der Waals surface area (Å²) in [4.78, 5) is 14.2. The zero-order valence-corrected chi connectivity index (χ0v) is 15.9. The molecule has 2 aromatic heterocycles. The largest absolute Gasteiger partial charge is 0.459 e. The second kappa shape index (κ2) is 6.96. The summed E-state index contributed by atoms with van der Waals surface area (Å²) in [5.41, 5.74) is 1.53. The number of amides is 1. The van der Waals surface area contributed by atoms with Gasteiger partial charge in [0, 0.05) is 16.9 Å². The first kappa shape index (κ1) is 18.2. The number of rotatable bonds is 5. The Labute approximate surface area is 153 Å². The quantitative estimate of drug-likeness (QED) is 0.737. The lowest BCUT2D eigenvalue weighted by atomic mass is 9.92. The molecule has 6 nitrogen and oxygen atoms in total. The number of likely N-dealkylation sites (N-methyl/N-ethyl adjacent to an activating group) is 1. The van der Waals surface area contributed by atoms with E-state index in [0.29, 0.717) is 5.88 Å². The molecule has 1 aromatic carbocycles. The van der Waals surface area contributed by atoms with Crippen LogP contribution in [0.1, 0.15) is 45.2 Å². The number of benzene rings is 1. The fraction of sp³-hybridized carbons (Fsp3) is 0.400. The molecule has 0 radical (unpaired) electrons. The molecule has 26 heavy (non-hydrogen) atoms. The zero-order valence-electron chi connectivity index (χ0n) is 15.9. The van der Waals surface area contributed by atoms with Gasteiger partial charge in [-0.3, -0.25) is 15.0 Å². The maximum atomic E-state index is 12.3. The summed E-state index contributed by atoms with van der Waals surface area (Å²) in [5, 5.41) is 7.83. The van der Waals surface area contributed by atoms with Crippen LogP contribution in [0.2, 0.25) is 0 Å². The van der Waals surface area contributed by atoms with Gasteiger partial charge in [-0.1, -0.05) is 44.1 Å². The van der Waals surface area contributed by atoms with Crippen LogP contribution in [-0.4, -0.2) is 29.6 Å². The van der Waals surface area contributed by atoms with Gasteiger partial charge in [-0.15, -0.1) is 0 Å². The Hall–Kier alpha value is -2.60. The van der Waals surface area contributed by atoms with Crippen LogP contribution in [0, 0.1) is 0 Å². The van der Waals surface area contributed by atoms with Crippen molar-refractivity contribution in [1.82, 2.24) is 10.1 Å². The van der Waals surface area contributed by atoms with E-state index in [9.17, 15) is 4.79 Å². The van der Waals surface area contributed by atoms with Crippen LogP contribution in [0.4, 0.5) is 5.88 Å². The number of nitrogens with zero attached hydrogens (tertiary/aromatic N) is 2. The average Bonchev–Trinajstić information content (AvgIpc) is 3.19. The van der Waals surface area contributed by atoms with Crippen molar-refractivity contribution >= 4 is 22.8 Å². The molecular weight excluding hydrogens is 330 g/mol. The maximum Gasteiger partial charge on any atom is 0.240 e. The molecule has 1 atom stereocenters. The highest BCUT2D eigenvalue weighted by molar-refractivity contribution is 5.91. The Kier molecular flexibility index (Phi) is 4.87. The highest BCUT2D eigenvalue weighted by Gasteiger charge is 2.21. The van der Waals surface area contributed by atoms with E-state index in [1.807, 2.05) is 70.0 Å². The van der Waals surface area contributed by atoms with E-state index >= 15 is 0 Å². The van der Waals surface area contributed by atoms with Crippen molar-refractivity contribution in [1.29, 1.82) is 0 Å². The fourth-order valence-corrected chi connectivity index (χ4v) is 2.65. The topological polar surface area (TPSA) is 71.5 Å². The number of fused-ring (bicyclic) bond motifs is 1. The SMILES string of the molecule is C[C@@H](c1cc2ccccc2o1)N(C)CC(=O)Nc1cc(C(C)(C)C)no1. The van der Waals surface area contributed by atoms with Crippen LogP contribution >= 0.6 is 0 Å². The molecule has 0 aliphatic rings. The Morgan fingerprint density at radius 3 is 2.65 bits per heavy atom. The maximum absolute atomic E-state index is 12.3. The monoisotopic (exact) mass is 355 g/mol. The molecule has 1 N–H and O–H groups in total. The van der Waals surface area contributed by atoms with Crippen molar-refractivity contribution in [2.75, 3.05) is 18.9 Å². The summed E-state index contributed by atoms with van der Waals surface area (Å²) in [5.74, 6) is 1.04. The van der Waals surface area contributed by atoms with E-state index < -0.39 is 0 Å². The van der Waals surface area contributed by atoms with Gasteiger partial charge in [-0.05, 0) is 26.1 Å². The lowest BCUT2D eigenvalue weighted by Gasteiger charge is -2.21. The van der Waals surface area contributed by atoms with Crippen LogP contribution in [-0.2, 0) is 10.2 Å². The summed E-state index contributed by atoms with van der Waals surface area (Å²) in [6.07, 6.45) is 0. The molecule has 138 valence electrons. The van der Waals surface area contributed by atoms with Gasteiger partial charge < -0.3 is 8.94 Å². The van der Waals surface area contributed by atoms with E-state index in [1.54, 1.807) is 6.07 Å². The Balaban J connectivity index is 1.62. The van der Waals surface area contributed by atoms with E-state index in [4.69, 9.17) is 8.94 Å². The van der Waals surface area contributed by atoms with Crippen molar-refractivity contribution in [2.45, 2.75) is 39.2 Å². The number of para-hydroxylation sites is 1. The highest BCUT2D eigenvalue weighted by atomic mass is 16.5. The number of anilines is 1. The molecule has 0 spiro atoms. The molecule has 0 saturated heterocycles. The number of carbonyl (C=O) groups is 1. The molecule has 0 aliphatic heterocycles. The molecule has 1 amide bonds. The van der Waals surface area contributed by atoms with Crippen LogP contribution in [0.15, 0.2) is 45.3 Å². The van der Waals surface area contributed by atoms with Gasteiger partial charge in [0.2, 0.25) is 11.8 Å². The molecule has 3 aromatic rings. The summed E-state index contributed by atoms with van der Waals surface area (Å²) in [6, 6.07) is 11.6. The van der Waals surface area contributed by atoms with Crippen molar-refractivity contribution < 1.29 is 13.7 Å². The minimum absolute atomic E-state index is 0.0342. The lowest BCUT2D eigenvalue weighted by molar-refractivity contribution is -0.117. The minimum Gasteiger partial charge on any atom is -0.459 e. The number of carbonyl (C=O) groups excluding carboxylic acids is 1. The number of aromatic nitrogens is 1. The molecule has 0 saturated carbocycles. The van der Waals surface area contributed by atoms with Crippen LogP contribution < -0.4 is 5.32 Å². The molecular formula is C20H25N3O3. The molecule has 0 unspecified atom stereocenters. The number of hydrogen-bond donors (Lipinski definition) is 1. The Bertz CT molecular complexity index is 871. The van der Waals surface area contributed by atoms with Crippen molar-refractivity contribution in [3.63, 3.8) is 0 Å². The van der Waals surface area contributed by atoms with Crippen molar-refractivity contribution in [3.8, 4) is 0 Å². The van der Waals surface area contributed by atoms with Gasteiger partial charge >= 0.3 is 0 Å². The zero-order chi connectivity index (χ0) is 18.9. The minimum atomic E-state index is -0.160. The van der Waals surface area contributed by atoms with Gasteiger partial charge in [0.1, 0.15) is 11.3 Å². The van der Waals surface area contributed by atoms with E-state index in [-0.39, 0.29) is 23.9 Å². The molecule has 0 bridgehead atoms. The normalized spacial score (nSPS) is 13.3. The first-order valence-electron chi connectivity index (χ1n) is 8.70. The first-order valence-corrected chi connectivity index (χ1v) is 8.70. The second-order valence-corrected chi connectivity index (χ2v) is 7.65. The van der Waals surface area contributed by atoms with Gasteiger partial charge in [-0.2, -0.15) is 0 Å². The molecule has 0 aliphatic carbocycles. The van der Waals surface area contributed by atoms with Crippen LogP contribution in [0.3, 0.4) is 0 Å². The lowest BCUT2D eigenvalue weighted by Crippen LogP contribution is -2.32. The molecule has 2 heterocycles. The molecule has 0 fully saturated rings. The third kappa shape index (κ3) is 3.96. The van der Waals surface area contributed by atoms with Crippen molar-refractivity contribution in [2.24, 2.45) is 0 Å². The second-order valence-electron chi connectivity index (χ2n) is 7.65. The first-order chi connectivity index (χ1) is 12.2. The molecule has 3 rings (SSSR count). The predicted octanol–water partition coefficient (Wildman–Crippen LogP) is 4.35. The van der Waals surface area contributed by atoms with Crippen LogP contribution in [0.25, 0.3) is 11.0 Å². The summed E-state index contributed by atoms with van der Waals surface area (Å²) < 4.78 is 11.1. The standard InChI is InChI=1S/C20H25N3O3/c1-13(16-10-14-8-6-7-9-15(14)25-16)23(5)12-18(24)21-19-11-17(22-26-19)20(2,3)4/h6-11,13H,12H2,1-5H3,(H,21,24)/t13-/m0/s1. The van der Waals surface area contributed by atoms with E-state index in [2.05, 4.69) is 10.5 Å². The third-order valence-corrected chi connectivity index (χ3v) is 4.45. The van der Waals surface area contributed by atoms with Crippen LogP contribution in [0.5, 0.6) is 0 Å². The number of hydrogen-bond acceptors (Lipinski definition) is 5. The van der Waals surface area contributed by atoms with Gasteiger partial charge in [0.25, 0.3) is 0 Å². The smallest absolute Gasteiger partial charge is 0.240 e. The van der Waals surface area contributed by atoms with Gasteiger partial charge in [0.05, 0.1) is 18.3 Å². The predicted molar refractivity (Wildman–Crippen MR) is 101 cm³/mol. The van der Waals surface area contributed by atoms with Gasteiger partial charge in [0.15, 0.2) is 0 Å². The van der Waals surface area contributed by atoms with Gasteiger partial charge in [-0.25, -0.2) is 0 Å². The summed E-state index contributed by atoms with van der Waals surface area (Å²) in [7, 11) is 1.89. The highest BCUT2D eigenvalue weighted by Crippen LogP contribution is 2.27. The third-order valence-electron chi connectivity index (χ3n) is 4.45. The van der Waals surface area contributed by atoms with Crippen molar-refractivity contribution in [3.05, 3.63) is 47.9 Å². The average molecular weight is 355 g/mol. The number of nitrogens with one attached hydrogen (secondary N) is 1. The number of furan rings is 1. The van der Waals surface area contributed by atoms with E-state index in [0.717, 1.165) is 22.4 Å². The Morgan fingerprint density at radius 2 is 2.00 bits per heavy atom. The fourth-order valence-electron chi connectivity index (χ4n) is 2.65. The van der Waals surface area contributed by atoms with E-state index in [1.165, 1.54) is 0 Å². The summed E-state index contributed by atoms with van der Waals surface area (Å²) in [6.45, 7) is 8.35. The Morgan fingerprint density at radius 1 is 1.27 bits per heavy atom. The molecule has 6 heteroatoms.